The minimum absolute atomic E-state index is 0.0660. The lowest BCUT2D eigenvalue weighted by Crippen LogP contribution is -2.61. The second-order valence-electron chi connectivity index (χ2n) is 30.0. The highest BCUT2D eigenvalue weighted by Crippen LogP contribution is 2.35. The number of benzene rings is 2. The van der Waals surface area contributed by atoms with E-state index >= 15 is 0 Å². The first kappa shape index (κ1) is 65.5. The summed E-state index contributed by atoms with van der Waals surface area (Å²) < 4.78 is 45.0. The van der Waals surface area contributed by atoms with Crippen LogP contribution in [0.4, 0.5) is 0 Å². The number of ether oxygens (including phenoxy) is 7. The molecule has 4 fully saturated rings. The van der Waals surface area contributed by atoms with Gasteiger partial charge in [0.25, 0.3) is 0 Å². The van der Waals surface area contributed by atoms with Gasteiger partial charge in [-0.15, -0.1) is 0 Å². The number of rotatable bonds is 32. The molecule has 4 heterocycles. The predicted octanol–water partition coefficient (Wildman–Crippen LogP) is 13.4. The fourth-order valence-electron chi connectivity index (χ4n) is 14.6. The molecule has 0 aliphatic carbocycles. The maximum Gasteiger partial charge on any atom is 0.123 e. The number of piperidine rings is 4. The normalized spacial score (nSPS) is 22.6. The third-order valence-electron chi connectivity index (χ3n) is 16.2. The summed E-state index contributed by atoms with van der Waals surface area (Å²) in [5, 5.41) is 19.0. The molecule has 12 heteroatoms. The third kappa shape index (κ3) is 25.0. The summed E-state index contributed by atoms with van der Waals surface area (Å²) in [4.78, 5) is 0. The molecule has 4 saturated heterocycles. The molecule has 0 atom stereocenters. The second-order valence-corrected chi connectivity index (χ2v) is 30.0. The molecule has 6 rings (SSSR count). The van der Waals surface area contributed by atoms with Crippen LogP contribution in [0.1, 0.15) is 231 Å². The van der Waals surface area contributed by atoms with E-state index in [0.717, 1.165) is 132 Å². The third-order valence-corrected chi connectivity index (χ3v) is 16.2. The highest BCUT2D eigenvalue weighted by atomic mass is 16.5. The Balaban J connectivity index is 0.967. The Morgan fingerprint density at radius 3 is 0.899 bits per heavy atom. The summed E-state index contributed by atoms with van der Waals surface area (Å²) in [7, 11) is 0. The fraction of sp³-hybridized carbons (Fsp3) is 0.821. The molecule has 79 heavy (non-hydrogen) atoms. The molecule has 0 unspecified atom stereocenters. The Kier molecular flexibility index (Phi) is 23.8. The molecular formula is C67H117N5O7. The van der Waals surface area contributed by atoms with Crippen molar-refractivity contribution in [2.24, 2.45) is 0 Å². The molecule has 5 N–H and O–H groups in total. The maximum atomic E-state index is 6.46. The molecule has 0 spiro atoms. The van der Waals surface area contributed by atoms with Crippen LogP contribution in [0.15, 0.2) is 36.4 Å². The van der Waals surface area contributed by atoms with Crippen molar-refractivity contribution in [3.05, 3.63) is 47.5 Å². The van der Waals surface area contributed by atoms with Gasteiger partial charge in [-0.1, -0.05) is 19.3 Å². The minimum Gasteiger partial charge on any atom is -0.493 e. The van der Waals surface area contributed by atoms with Crippen molar-refractivity contribution in [1.29, 1.82) is 0 Å². The van der Waals surface area contributed by atoms with Gasteiger partial charge in [0.05, 0.1) is 64.6 Å². The Bertz CT molecular complexity index is 1790. The van der Waals surface area contributed by atoms with Crippen LogP contribution in [0.25, 0.3) is 0 Å². The van der Waals surface area contributed by atoms with E-state index in [-0.39, 0.29) is 62.6 Å². The zero-order valence-corrected chi connectivity index (χ0v) is 53.2. The van der Waals surface area contributed by atoms with Gasteiger partial charge in [0.15, 0.2) is 0 Å². The van der Waals surface area contributed by atoms with Crippen LogP contribution in [-0.4, -0.2) is 121 Å². The van der Waals surface area contributed by atoms with Gasteiger partial charge < -0.3 is 59.7 Å². The second kappa shape index (κ2) is 28.7. The first-order valence-electron chi connectivity index (χ1n) is 31.5. The lowest BCUT2D eigenvalue weighted by Gasteiger charge is -2.46. The van der Waals surface area contributed by atoms with Crippen molar-refractivity contribution in [3.8, 4) is 23.0 Å². The summed E-state index contributed by atoms with van der Waals surface area (Å²) in [5.41, 5.74) is 3.20. The molecule has 0 saturated carbocycles. The average Bonchev–Trinajstić information content (AvgIpc) is 3.28. The average molecular weight is 1100 g/mol. The molecule has 2 aromatic rings. The Hall–Kier alpha value is -2.68. The van der Waals surface area contributed by atoms with Gasteiger partial charge in [0.1, 0.15) is 23.0 Å². The number of hydrogen-bond donors (Lipinski definition) is 5. The molecule has 4 aliphatic heterocycles. The van der Waals surface area contributed by atoms with Crippen molar-refractivity contribution in [1.82, 2.24) is 26.6 Å². The van der Waals surface area contributed by atoms with Crippen LogP contribution >= 0.6 is 0 Å². The fourth-order valence-corrected chi connectivity index (χ4v) is 14.6. The molecular weight excluding hydrogens is 987 g/mol. The van der Waals surface area contributed by atoms with Gasteiger partial charge in [-0.2, -0.15) is 0 Å². The number of hydrogen-bond acceptors (Lipinski definition) is 12. The molecule has 0 radical (unpaired) electrons. The topological polar surface area (TPSA) is 125 Å². The Morgan fingerprint density at radius 2 is 0.595 bits per heavy atom. The smallest absolute Gasteiger partial charge is 0.123 e. The zero-order valence-electron chi connectivity index (χ0n) is 53.2. The van der Waals surface area contributed by atoms with E-state index in [1.807, 2.05) is 0 Å². The van der Waals surface area contributed by atoms with Gasteiger partial charge in [-0.3, -0.25) is 0 Å². The first-order valence-corrected chi connectivity index (χ1v) is 31.5. The number of aryl methyl sites for hydroxylation is 2. The molecule has 4 aliphatic rings. The molecule has 12 nitrogen and oxygen atoms in total. The molecule has 0 bridgehead atoms. The van der Waals surface area contributed by atoms with Gasteiger partial charge in [-0.25, -0.2) is 0 Å². The van der Waals surface area contributed by atoms with Gasteiger partial charge in [0.2, 0.25) is 0 Å². The monoisotopic (exact) mass is 1100 g/mol. The predicted molar refractivity (Wildman–Crippen MR) is 327 cm³/mol. The van der Waals surface area contributed by atoms with E-state index in [1.54, 1.807) is 0 Å². The summed E-state index contributed by atoms with van der Waals surface area (Å²) in [6.07, 6.45) is 20.4. The quantitative estimate of drug-likeness (QED) is 0.0448. The van der Waals surface area contributed by atoms with Crippen molar-refractivity contribution < 1.29 is 33.2 Å². The largest absolute Gasteiger partial charge is 0.493 e. The SMILES string of the molecule is CC1(C)CC(NCCCOc2cc(CCCCCCCc3cc(OCCCOC4CC(C)(C)NC(C)(C)C4)cc(OCCCOC4CC(C)(C)NC(C)(C)C4)c3)cc(OCCCOC3CC(C)(C)NC(C)(C)C3)c2)CC(C)(C)N1. The molecule has 2 aromatic carbocycles. The molecule has 452 valence electrons. The Morgan fingerprint density at radius 1 is 0.329 bits per heavy atom. The lowest BCUT2D eigenvalue weighted by atomic mass is 9.79. The van der Waals surface area contributed by atoms with Crippen molar-refractivity contribution in [3.63, 3.8) is 0 Å². The van der Waals surface area contributed by atoms with E-state index in [4.69, 9.17) is 33.2 Å². The van der Waals surface area contributed by atoms with Crippen LogP contribution < -0.4 is 45.5 Å². The van der Waals surface area contributed by atoms with Gasteiger partial charge >= 0.3 is 0 Å². The Labute approximate surface area is 482 Å². The highest BCUT2D eigenvalue weighted by molar-refractivity contribution is 5.39. The van der Waals surface area contributed by atoms with Crippen molar-refractivity contribution >= 4 is 0 Å². The van der Waals surface area contributed by atoms with Crippen LogP contribution in [0.5, 0.6) is 23.0 Å². The summed E-state index contributed by atoms with van der Waals surface area (Å²) in [5.74, 6) is 3.55. The maximum absolute atomic E-state index is 6.46. The van der Waals surface area contributed by atoms with E-state index in [0.29, 0.717) is 52.3 Å². The molecule has 0 aromatic heterocycles. The van der Waals surface area contributed by atoms with E-state index < -0.39 is 0 Å². The standard InChI is InChI=1S/C67H117N5O7/c1-60(2)42-52(43-61(3,4)69-60)68-28-22-29-73-53-36-50(37-54(40-53)74-30-23-33-77-57-44-62(5,6)70-63(7,8)45-57)26-20-18-17-19-21-27-51-38-55(75-31-24-34-78-58-46-64(9,10)71-65(11,12)47-58)41-56(39-51)76-32-25-35-79-59-48-66(13,14)72-67(15,16)49-59/h36-41,52,57-59,68-72H,17-35,42-49H2,1-16H3. The van der Waals surface area contributed by atoms with E-state index in [9.17, 15) is 0 Å². The van der Waals surface area contributed by atoms with E-state index in [1.165, 1.54) is 30.4 Å². The van der Waals surface area contributed by atoms with Crippen LogP contribution in [-0.2, 0) is 27.1 Å². The number of nitrogens with one attached hydrogen (secondary N) is 5. The number of unbranched alkanes of at least 4 members (excludes halogenated alkanes) is 4. The summed E-state index contributed by atoms with van der Waals surface area (Å²) in [6, 6.07) is 13.6. The van der Waals surface area contributed by atoms with E-state index in [2.05, 4.69) is 174 Å². The van der Waals surface area contributed by atoms with Gasteiger partial charge in [-0.05, 0) is 236 Å². The molecule has 0 amide bonds. The first-order chi connectivity index (χ1) is 36.9. The van der Waals surface area contributed by atoms with Crippen LogP contribution in [0, 0.1) is 0 Å². The highest BCUT2D eigenvalue weighted by Gasteiger charge is 2.41. The summed E-state index contributed by atoms with van der Waals surface area (Å²) >= 11 is 0. The lowest BCUT2D eigenvalue weighted by molar-refractivity contribution is -0.0252. The van der Waals surface area contributed by atoms with Crippen LogP contribution in [0.3, 0.4) is 0 Å². The van der Waals surface area contributed by atoms with Gasteiger partial charge in [0, 0.05) is 81.7 Å². The summed E-state index contributed by atoms with van der Waals surface area (Å²) in [6.45, 7) is 42.1. The van der Waals surface area contributed by atoms with Crippen molar-refractivity contribution in [2.75, 3.05) is 52.8 Å². The zero-order chi connectivity index (χ0) is 57.6. The van der Waals surface area contributed by atoms with Crippen LogP contribution in [0.2, 0.25) is 0 Å². The van der Waals surface area contributed by atoms with Crippen molar-refractivity contribution in [2.45, 2.75) is 301 Å². The minimum atomic E-state index is 0.0660.